The molecule has 1 N–H and O–H groups in total. The Morgan fingerprint density at radius 3 is 2.65 bits per heavy atom. The van der Waals surface area contributed by atoms with Crippen molar-refractivity contribution in [2.24, 2.45) is 0 Å². The first-order chi connectivity index (χ1) is 15.0. The molecule has 8 heteroatoms. The fourth-order valence-corrected chi connectivity index (χ4v) is 4.47. The van der Waals surface area contributed by atoms with Gasteiger partial charge in [-0.05, 0) is 37.0 Å². The molecular weight excluding hydrogens is 397 g/mol. The van der Waals surface area contributed by atoms with E-state index in [4.69, 9.17) is 9.97 Å². The third kappa shape index (κ3) is 4.52. The maximum absolute atomic E-state index is 13.1. The first kappa shape index (κ1) is 21.2. The molecule has 2 aliphatic rings. The van der Waals surface area contributed by atoms with Gasteiger partial charge in [-0.1, -0.05) is 12.1 Å². The van der Waals surface area contributed by atoms with Gasteiger partial charge in [0, 0.05) is 39.0 Å². The van der Waals surface area contributed by atoms with E-state index in [1.165, 1.54) is 12.1 Å². The topological polar surface area (TPSA) is 78.4 Å². The number of halogens is 1. The van der Waals surface area contributed by atoms with E-state index in [0.29, 0.717) is 31.2 Å². The minimum atomic E-state index is -0.309. The minimum Gasteiger partial charge on any atom is -0.373 e. The molecule has 0 saturated carbocycles. The SMILES string of the molecule is CNc1nc([C@@H]2CCCCN2C(C)=O)nc2c1CN(C(=O)Cc1ccc(F)cc1)CC2. The summed E-state index contributed by atoms with van der Waals surface area (Å²) < 4.78 is 13.1. The van der Waals surface area contributed by atoms with E-state index in [0.717, 1.165) is 42.6 Å². The number of hydrogen-bond donors (Lipinski definition) is 1. The second kappa shape index (κ2) is 8.99. The van der Waals surface area contributed by atoms with E-state index < -0.39 is 0 Å². The number of aromatic nitrogens is 2. The molecule has 1 atom stereocenters. The van der Waals surface area contributed by atoms with Gasteiger partial charge in [0.2, 0.25) is 11.8 Å². The summed E-state index contributed by atoms with van der Waals surface area (Å²) in [6.07, 6.45) is 3.80. The molecule has 2 amide bonds. The van der Waals surface area contributed by atoms with Crippen LogP contribution in [0.1, 0.15) is 54.9 Å². The summed E-state index contributed by atoms with van der Waals surface area (Å²) in [5, 5.41) is 3.16. The maximum Gasteiger partial charge on any atom is 0.227 e. The van der Waals surface area contributed by atoms with Crippen molar-refractivity contribution >= 4 is 17.6 Å². The largest absolute Gasteiger partial charge is 0.373 e. The van der Waals surface area contributed by atoms with Crippen molar-refractivity contribution in [1.82, 2.24) is 19.8 Å². The number of nitrogens with one attached hydrogen (secondary N) is 1. The van der Waals surface area contributed by atoms with Crippen LogP contribution >= 0.6 is 0 Å². The monoisotopic (exact) mass is 425 g/mol. The molecule has 2 aliphatic heterocycles. The van der Waals surface area contributed by atoms with Crippen LogP contribution in [-0.2, 0) is 29.0 Å². The highest BCUT2D eigenvalue weighted by Gasteiger charge is 2.31. The van der Waals surface area contributed by atoms with E-state index in [-0.39, 0.29) is 30.1 Å². The summed E-state index contributed by atoms with van der Waals surface area (Å²) in [7, 11) is 1.81. The smallest absolute Gasteiger partial charge is 0.227 e. The summed E-state index contributed by atoms with van der Waals surface area (Å²) in [6.45, 7) is 3.35. The van der Waals surface area contributed by atoms with Crippen LogP contribution in [0.2, 0.25) is 0 Å². The zero-order valence-corrected chi connectivity index (χ0v) is 18.0. The van der Waals surface area contributed by atoms with Crippen molar-refractivity contribution < 1.29 is 14.0 Å². The number of nitrogens with zero attached hydrogens (tertiary/aromatic N) is 4. The van der Waals surface area contributed by atoms with Gasteiger partial charge in [0.05, 0.1) is 24.7 Å². The van der Waals surface area contributed by atoms with Crippen molar-refractivity contribution in [2.75, 3.05) is 25.5 Å². The first-order valence-corrected chi connectivity index (χ1v) is 10.8. The van der Waals surface area contributed by atoms with Crippen LogP contribution in [0.4, 0.5) is 10.2 Å². The number of hydrogen-bond acceptors (Lipinski definition) is 5. The predicted molar refractivity (Wildman–Crippen MR) is 115 cm³/mol. The summed E-state index contributed by atoms with van der Waals surface area (Å²) in [5.41, 5.74) is 2.66. The predicted octanol–water partition coefficient (Wildman–Crippen LogP) is 2.86. The van der Waals surface area contributed by atoms with Gasteiger partial charge in [0.25, 0.3) is 0 Å². The molecule has 4 rings (SSSR count). The van der Waals surface area contributed by atoms with Gasteiger partial charge in [-0.2, -0.15) is 0 Å². The first-order valence-electron chi connectivity index (χ1n) is 10.8. The van der Waals surface area contributed by atoms with E-state index in [2.05, 4.69) is 5.32 Å². The molecule has 2 aromatic rings. The summed E-state index contributed by atoms with van der Waals surface area (Å²) in [5.74, 6) is 1.14. The molecule has 0 radical (unpaired) electrons. The van der Waals surface area contributed by atoms with Crippen molar-refractivity contribution in [3.05, 3.63) is 52.7 Å². The number of amides is 2. The number of benzene rings is 1. The molecule has 0 spiro atoms. The normalized spacial score (nSPS) is 18.5. The zero-order chi connectivity index (χ0) is 22.0. The van der Waals surface area contributed by atoms with Crippen molar-refractivity contribution in [2.45, 2.75) is 51.6 Å². The number of carbonyl (C=O) groups excluding carboxylic acids is 2. The van der Waals surface area contributed by atoms with Crippen LogP contribution in [0.3, 0.4) is 0 Å². The highest BCUT2D eigenvalue weighted by Crippen LogP contribution is 2.32. The standard InChI is InChI=1S/C23H28FN5O2/c1-15(30)29-11-4-3-5-20(29)23-26-19-10-12-28(14-18(19)22(25-2)27-23)21(31)13-16-6-8-17(24)9-7-16/h6-9,20H,3-5,10-14H2,1-2H3,(H,25,26,27)/t20-/m0/s1. The molecule has 1 saturated heterocycles. The Morgan fingerprint density at radius 1 is 1.16 bits per heavy atom. The van der Waals surface area contributed by atoms with Crippen LogP contribution < -0.4 is 5.32 Å². The van der Waals surface area contributed by atoms with Gasteiger partial charge in [0.15, 0.2) is 5.82 Å². The van der Waals surface area contributed by atoms with Crippen LogP contribution in [0, 0.1) is 5.82 Å². The zero-order valence-electron chi connectivity index (χ0n) is 18.0. The van der Waals surface area contributed by atoms with E-state index >= 15 is 0 Å². The van der Waals surface area contributed by atoms with Crippen LogP contribution in [0.15, 0.2) is 24.3 Å². The molecule has 1 aromatic carbocycles. The molecule has 1 fully saturated rings. The van der Waals surface area contributed by atoms with E-state index in [1.54, 1.807) is 24.0 Å². The third-order valence-corrected chi connectivity index (χ3v) is 6.14. The van der Waals surface area contributed by atoms with Crippen LogP contribution in [0.25, 0.3) is 0 Å². The van der Waals surface area contributed by atoms with Crippen LogP contribution in [-0.4, -0.2) is 51.7 Å². The molecule has 164 valence electrons. The Kier molecular flexibility index (Phi) is 6.15. The Balaban J connectivity index is 1.54. The van der Waals surface area contributed by atoms with Gasteiger partial charge in [-0.3, -0.25) is 9.59 Å². The molecule has 1 aromatic heterocycles. The van der Waals surface area contributed by atoms with Gasteiger partial charge in [-0.25, -0.2) is 14.4 Å². The quantitative estimate of drug-likeness (QED) is 0.815. The molecule has 31 heavy (non-hydrogen) atoms. The Morgan fingerprint density at radius 2 is 1.94 bits per heavy atom. The minimum absolute atomic E-state index is 0.00146. The summed E-state index contributed by atoms with van der Waals surface area (Å²) in [4.78, 5) is 38.2. The highest BCUT2D eigenvalue weighted by molar-refractivity contribution is 5.79. The maximum atomic E-state index is 13.1. The number of piperidine rings is 1. The van der Waals surface area contributed by atoms with Gasteiger partial charge in [-0.15, -0.1) is 0 Å². The lowest BCUT2D eigenvalue weighted by molar-refractivity contribution is -0.133. The Bertz CT molecular complexity index is 961. The second-order valence-electron chi connectivity index (χ2n) is 8.20. The average Bonchev–Trinajstić information content (AvgIpc) is 2.79. The second-order valence-corrected chi connectivity index (χ2v) is 8.20. The Hall–Kier alpha value is -3.03. The average molecular weight is 426 g/mol. The third-order valence-electron chi connectivity index (χ3n) is 6.14. The molecule has 7 nitrogen and oxygen atoms in total. The van der Waals surface area contributed by atoms with Crippen molar-refractivity contribution in [3.8, 4) is 0 Å². The summed E-state index contributed by atoms with van der Waals surface area (Å²) in [6, 6.07) is 5.94. The Labute approximate surface area is 181 Å². The molecule has 0 bridgehead atoms. The van der Waals surface area contributed by atoms with Crippen molar-refractivity contribution in [3.63, 3.8) is 0 Å². The van der Waals surface area contributed by atoms with E-state index in [9.17, 15) is 14.0 Å². The molecule has 0 unspecified atom stereocenters. The van der Waals surface area contributed by atoms with Crippen molar-refractivity contribution in [1.29, 1.82) is 0 Å². The lowest BCUT2D eigenvalue weighted by Gasteiger charge is -2.35. The molecule has 0 aliphatic carbocycles. The number of likely N-dealkylation sites (tertiary alicyclic amines) is 1. The van der Waals surface area contributed by atoms with E-state index in [1.807, 2.05) is 11.9 Å². The highest BCUT2D eigenvalue weighted by atomic mass is 19.1. The number of anilines is 1. The number of fused-ring (bicyclic) bond motifs is 1. The lowest BCUT2D eigenvalue weighted by Crippen LogP contribution is -2.40. The molecular formula is C23H28FN5O2. The fraction of sp³-hybridized carbons (Fsp3) is 0.478. The fourth-order valence-electron chi connectivity index (χ4n) is 4.47. The van der Waals surface area contributed by atoms with Gasteiger partial charge < -0.3 is 15.1 Å². The van der Waals surface area contributed by atoms with Crippen LogP contribution in [0.5, 0.6) is 0 Å². The summed E-state index contributed by atoms with van der Waals surface area (Å²) >= 11 is 0. The van der Waals surface area contributed by atoms with Gasteiger partial charge in [0.1, 0.15) is 11.6 Å². The van der Waals surface area contributed by atoms with Gasteiger partial charge >= 0.3 is 0 Å². The lowest BCUT2D eigenvalue weighted by atomic mass is 9.99. The number of carbonyl (C=O) groups is 2. The molecule has 3 heterocycles. The number of rotatable bonds is 4.